The SMILES string of the molecule is COc1ccc(C(C)(N)c2ccccc2C)c(C)c1. The molecule has 0 radical (unpaired) electrons. The number of ether oxygens (including phenoxy) is 1. The van der Waals surface area contributed by atoms with Gasteiger partial charge in [-0.05, 0) is 55.2 Å². The van der Waals surface area contributed by atoms with Gasteiger partial charge in [0.1, 0.15) is 5.75 Å². The monoisotopic (exact) mass is 255 g/mol. The number of methoxy groups -OCH3 is 1. The maximum Gasteiger partial charge on any atom is 0.119 e. The number of hydrogen-bond acceptors (Lipinski definition) is 2. The fourth-order valence-corrected chi connectivity index (χ4v) is 2.65. The van der Waals surface area contributed by atoms with Crippen LogP contribution in [0.2, 0.25) is 0 Å². The van der Waals surface area contributed by atoms with Crippen LogP contribution in [0, 0.1) is 13.8 Å². The number of nitrogens with two attached hydrogens (primary N) is 1. The van der Waals surface area contributed by atoms with Crippen molar-refractivity contribution in [3.05, 3.63) is 64.7 Å². The van der Waals surface area contributed by atoms with Gasteiger partial charge in [0.25, 0.3) is 0 Å². The number of benzene rings is 2. The zero-order valence-electron chi connectivity index (χ0n) is 12.0. The topological polar surface area (TPSA) is 35.2 Å². The molecule has 1 unspecified atom stereocenters. The molecule has 0 aliphatic heterocycles. The van der Waals surface area contributed by atoms with Gasteiger partial charge in [0.05, 0.1) is 12.6 Å². The van der Waals surface area contributed by atoms with Crippen molar-refractivity contribution in [2.75, 3.05) is 7.11 Å². The summed E-state index contributed by atoms with van der Waals surface area (Å²) in [5.41, 5.74) is 10.8. The molecule has 0 saturated heterocycles. The fraction of sp³-hybridized carbons (Fsp3) is 0.294. The van der Waals surface area contributed by atoms with Gasteiger partial charge in [-0.25, -0.2) is 0 Å². The molecule has 2 aromatic rings. The molecule has 0 aliphatic carbocycles. The molecular formula is C17H21NO. The summed E-state index contributed by atoms with van der Waals surface area (Å²) in [4.78, 5) is 0. The van der Waals surface area contributed by atoms with E-state index in [1.807, 2.05) is 24.3 Å². The maximum absolute atomic E-state index is 6.61. The normalized spacial score (nSPS) is 13.9. The smallest absolute Gasteiger partial charge is 0.119 e. The van der Waals surface area contributed by atoms with Crippen molar-refractivity contribution in [2.24, 2.45) is 5.73 Å². The number of rotatable bonds is 3. The first kappa shape index (κ1) is 13.6. The van der Waals surface area contributed by atoms with Crippen LogP contribution in [0.3, 0.4) is 0 Å². The highest BCUT2D eigenvalue weighted by atomic mass is 16.5. The molecule has 2 nitrogen and oxygen atoms in total. The standard InChI is InChI=1S/C17H21NO/c1-12-7-5-6-8-15(12)17(3,18)16-10-9-14(19-4)11-13(16)2/h5-11H,18H2,1-4H3. The third-order valence-corrected chi connectivity index (χ3v) is 3.70. The fourth-order valence-electron chi connectivity index (χ4n) is 2.65. The Morgan fingerprint density at radius 2 is 1.58 bits per heavy atom. The molecule has 0 spiro atoms. The molecule has 19 heavy (non-hydrogen) atoms. The third kappa shape index (κ3) is 2.49. The molecule has 0 aromatic heterocycles. The molecular weight excluding hydrogens is 234 g/mol. The molecule has 2 heteroatoms. The van der Waals surface area contributed by atoms with Crippen molar-refractivity contribution in [1.82, 2.24) is 0 Å². The lowest BCUT2D eigenvalue weighted by Crippen LogP contribution is -2.35. The van der Waals surface area contributed by atoms with E-state index in [1.54, 1.807) is 7.11 Å². The molecule has 0 fully saturated rings. The van der Waals surface area contributed by atoms with Crippen molar-refractivity contribution in [2.45, 2.75) is 26.3 Å². The van der Waals surface area contributed by atoms with Crippen LogP contribution in [0.5, 0.6) is 5.75 Å². The van der Waals surface area contributed by atoms with Gasteiger partial charge >= 0.3 is 0 Å². The molecule has 2 N–H and O–H groups in total. The maximum atomic E-state index is 6.61. The van der Waals surface area contributed by atoms with E-state index in [-0.39, 0.29) is 0 Å². The second kappa shape index (κ2) is 5.06. The van der Waals surface area contributed by atoms with Gasteiger partial charge in [0.2, 0.25) is 0 Å². The van der Waals surface area contributed by atoms with Crippen LogP contribution in [0.1, 0.15) is 29.2 Å². The molecule has 0 saturated carbocycles. The molecule has 0 amide bonds. The van der Waals surface area contributed by atoms with Crippen LogP contribution in [-0.4, -0.2) is 7.11 Å². The van der Waals surface area contributed by atoms with E-state index in [1.165, 1.54) is 5.56 Å². The van der Waals surface area contributed by atoms with E-state index < -0.39 is 5.54 Å². The molecule has 2 aromatic carbocycles. The first-order valence-electron chi connectivity index (χ1n) is 6.47. The zero-order valence-corrected chi connectivity index (χ0v) is 12.0. The third-order valence-electron chi connectivity index (χ3n) is 3.70. The predicted octanol–water partition coefficient (Wildman–Crippen LogP) is 3.53. The Hall–Kier alpha value is -1.80. The number of hydrogen-bond donors (Lipinski definition) is 1. The van der Waals surface area contributed by atoms with Crippen molar-refractivity contribution < 1.29 is 4.74 Å². The minimum absolute atomic E-state index is 0.498. The lowest BCUT2D eigenvalue weighted by Gasteiger charge is -2.29. The second-order valence-corrected chi connectivity index (χ2v) is 5.20. The Kier molecular flexibility index (Phi) is 3.63. The first-order chi connectivity index (χ1) is 8.96. The average molecular weight is 255 g/mol. The van der Waals surface area contributed by atoms with Crippen molar-refractivity contribution >= 4 is 0 Å². The summed E-state index contributed by atoms with van der Waals surface area (Å²) < 4.78 is 5.25. The average Bonchev–Trinajstić information content (AvgIpc) is 2.38. The van der Waals surface area contributed by atoms with Crippen LogP contribution >= 0.6 is 0 Å². The minimum Gasteiger partial charge on any atom is -0.497 e. The summed E-state index contributed by atoms with van der Waals surface area (Å²) in [5, 5.41) is 0. The largest absolute Gasteiger partial charge is 0.497 e. The molecule has 0 bridgehead atoms. The van der Waals surface area contributed by atoms with E-state index in [2.05, 4.69) is 39.0 Å². The summed E-state index contributed by atoms with van der Waals surface area (Å²) in [5.74, 6) is 0.863. The number of aryl methyl sites for hydroxylation is 2. The Balaban J connectivity index is 2.53. The minimum atomic E-state index is -0.498. The van der Waals surface area contributed by atoms with Crippen LogP contribution in [0.25, 0.3) is 0 Å². The first-order valence-corrected chi connectivity index (χ1v) is 6.47. The molecule has 0 heterocycles. The highest BCUT2D eigenvalue weighted by Gasteiger charge is 2.26. The lowest BCUT2D eigenvalue weighted by molar-refractivity contribution is 0.414. The molecule has 0 aliphatic rings. The van der Waals surface area contributed by atoms with Crippen molar-refractivity contribution in [3.63, 3.8) is 0 Å². The Bertz CT molecular complexity index is 588. The Morgan fingerprint density at radius 1 is 0.947 bits per heavy atom. The van der Waals surface area contributed by atoms with Crippen LogP contribution in [0.4, 0.5) is 0 Å². The predicted molar refractivity (Wildman–Crippen MR) is 79.6 cm³/mol. The summed E-state index contributed by atoms with van der Waals surface area (Å²) >= 11 is 0. The van der Waals surface area contributed by atoms with Gasteiger partial charge in [-0.15, -0.1) is 0 Å². The highest BCUT2D eigenvalue weighted by molar-refractivity contribution is 5.46. The summed E-state index contributed by atoms with van der Waals surface area (Å²) in [7, 11) is 1.68. The van der Waals surface area contributed by atoms with E-state index in [4.69, 9.17) is 10.5 Å². The lowest BCUT2D eigenvalue weighted by atomic mass is 9.81. The highest BCUT2D eigenvalue weighted by Crippen LogP contribution is 2.32. The van der Waals surface area contributed by atoms with E-state index >= 15 is 0 Å². The van der Waals surface area contributed by atoms with Gasteiger partial charge < -0.3 is 10.5 Å². The van der Waals surface area contributed by atoms with Gasteiger partial charge in [-0.2, -0.15) is 0 Å². The van der Waals surface area contributed by atoms with Gasteiger partial charge in [-0.1, -0.05) is 30.3 Å². The van der Waals surface area contributed by atoms with E-state index in [9.17, 15) is 0 Å². The summed E-state index contributed by atoms with van der Waals surface area (Å²) in [6.45, 7) is 6.23. The quantitative estimate of drug-likeness (QED) is 0.910. The van der Waals surface area contributed by atoms with E-state index in [0.29, 0.717) is 0 Å². The Morgan fingerprint density at radius 3 is 2.16 bits per heavy atom. The second-order valence-electron chi connectivity index (χ2n) is 5.20. The van der Waals surface area contributed by atoms with Crippen LogP contribution in [0.15, 0.2) is 42.5 Å². The van der Waals surface area contributed by atoms with Crippen molar-refractivity contribution in [3.8, 4) is 5.75 Å². The van der Waals surface area contributed by atoms with Crippen LogP contribution < -0.4 is 10.5 Å². The van der Waals surface area contributed by atoms with Gasteiger partial charge in [0.15, 0.2) is 0 Å². The van der Waals surface area contributed by atoms with Gasteiger partial charge in [0, 0.05) is 0 Å². The Labute approximate surface area is 115 Å². The van der Waals surface area contributed by atoms with Crippen molar-refractivity contribution in [1.29, 1.82) is 0 Å². The zero-order chi connectivity index (χ0) is 14.0. The van der Waals surface area contributed by atoms with E-state index in [0.717, 1.165) is 22.4 Å². The molecule has 100 valence electrons. The molecule has 1 atom stereocenters. The summed E-state index contributed by atoms with van der Waals surface area (Å²) in [6.07, 6.45) is 0. The summed E-state index contributed by atoms with van der Waals surface area (Å²) in [6, 6.07) is 14.3. The molecule has 2 rings (SSSR count). The van der Waals surface area contributed by atoms with Gasteiger partial charge in [-0.3, -0.25) is 0 Å². The van der Waals surface area contributed by atoms with Crippen LogP contribution in [-0.2, 0) is 5.54 Å².